The maximum Gasteiger partial charge on any atom is 0.264 e. The average Bonchev–Trinajstić information content (AvgIpc) is 2.52. The Bertz CT molecular complexity index is 422. The van der Waals surface area contributed by atoms with Gasteiger partial charge in [0.1, 0.15) is 0 Å². The Kier molecular flexibility index (Phi) is 2.19. The second kappa shape index (κ2) is 3.34. The van der Waals surface area contributed by atoms with Crippen LogP contribution >= 0.6 is 15.9 Å². The van der Waals surface area contributed by atoms with Crippen LogP contribution in [0.15, 0.2) is 39.7 Å². The Labute approximate surface area is 84.7 Å². The Hall–Kier alpha value is -1.09. The minimum Gasteiger partial charge on any atom is -0.431 e. The number of halogens is 1. The molecule has 0 N–H and O–H groups in total. The van der Waals surface area contributed by atoms with E-state index in [0.717, 1.165) is 11.3 Å². The molecule has 13 heavy (non-hydrogen) atoms. The summed E-state index contributed by atoms with van der Waals surface area (Å²) in [5.74, 6) is 0.788. The Morgan fingerprint density at radius 1 is 1.38 bits per heavy atom. The van der Waals surface area contributed by atoms with Crippen molar-refractivity contribution in [1.82, 2.24) is 4.98 Å². The smallest absolute Gasteiger partial charge is 0.264 e. The highest BCUT2D eigenvalue weighted by Crippen LogP contribution is 2.22. The summed E-state index contributed by atoms with van der Waals surface area (Å²) in [5.41, 5.74) is 2.27. The molecule has 0 spiro atoms. The first-order chi connectivity index (χ1) is 6.25. The fourth-order valence-electron chi connectivity index (χ4n) is 1.18. The summed E-state index contributed by atoms with van der Waals surface area (Å²) in [5, 5.41) is 0. The number of aryl methyl sites for hydroxylation is 1. The molecule has 2 aromatic rings. The van der Waals surface area contributed by atoms with E-state index in [0.29, 0.717) is 4.80 Å². The zero-order chi connectivity index (χ0) is 9.26. The highest BCUT2D eigenvalue weighted by Gasteiger charge is 2.03. The van der Waals surface area contributed by atoms with Crippen molar-refractivity contribution in [3.05, 3.63) is 40.8 Å². The van der Waals surface area contributed by atoms with Gasteiger partial charge >= 0.3 is 0 Å². The van der Waals surface area contributed by atoms with Gasteiger partial charge in [-0.15, -0.1) is 0 Å². The first kappa shape index (κ1) is 8.51. The van der Waals surface area contributed by atoms with Crippen LogP contribution in [0.4, 0.5) is 0 Å². The van der Waals surface area contributed by atoms with Crippen molar-refractivity contribution in [2.24, 2.45) is 0 Å². The molecule has 1 aromatic carbocycles. The van der Waals surface area contributed by atoms with E-state index < -0.39 is 0 Å². The summed E-state index contributed by atoms with van der Waals surface area (Å²) in [6.07, 6.45) is 1.71. The summed E-state index contributed by atoms with van der Waals surface area (Å²) >= 11 is 3.17. The van der Waals surface area contributed by atoms with Crippen LogP contribution in [0.2, 0.25) is 0 Å². The van der Waals surface area contributed by atoms with Crippen molar-refractivity contribution in [2.75, 3.05) is 0 Å². The SMILES string of the molecule is Cc1cccc(-c2cnc(Br)o2)c1. The first-order valence-corrected chi connectivity index (χ1v) is 4.73. The van der Waals surface area contributed by atoms with Gasteiger partial charge in [0.25, 0.3) is 4.80 Å². The number of benzene rings is 1. The lowest BCUT2D eigenvalue weighted by Crippen LogP contribution is -1.75. The summed E-state index contributed by atoms with van der Waals surface area (Å²) in [6.45, 7) is 2.05. The van der Waals surface area contributed by atoms with E-state index in [2.05, 4.69) is 40.0 Å². The fraction of sp³-hybridized carbons (Fsp3) is 0.100. The Morgan fingerprint density at radius 3 is 2.85 bits per heavy atom. The van der Waals surface area contributed by atoms with E-state index in [9.17, 15) is 0 Å². The predicted molar refractivity (Wildman–Crippen MR) is 54.4 cm³/mol. The maximum absolute atomic E-state index is 5.33. The second-order valence-corrected chi connectivity index (χ2v) is 3.53. The van der Waals surface area contributed by atoms with Crippen molar-refractivity contribution < 1.29 is 4.42 Å². The second-order valence-electron chi connectivity index (χ2n) is 2.85. The monoisotopic (exact) mass is 237 g/mol. The third-order valence-corrected chi connectivity index (χ3v) is 2.15. The topological polar surface area (TPSA) is 26.0 Å². The van der Waals surface area contributed by atoms with E-state index >= 15 is 0 Å². The molecule has 3 heteroatoms. The zero-order valence-corrected chi connectivity index (χ0v) is 8.71. The summed E-state index contributed by atoms with van der Waals surface area (Å²) < 4.78 is 5.33. The van der Waals surface area contributed by atoms with E-state index in [1.165, 1.54) is 5.56 Å². The molecular weight excluding hydrogens is 230 g/mol. The van der Waals surface area contributed by atoms with Gasteiger partial charge in [0.15, 0.2) is 5.76 Å². The van der Waals surface area contributed by atoms with Gasteiger partial charge in [-0.2, -0.15) is 0 Å². The summed E-state index contributed by atoms with van der Waals surface area (Å²) in [7, 11) is 0. The molecule has 0 amide bonds. The van der Waals surface area contributed by atoms with Crippen LogP contribution in [0.3, 0.4) is 0 Å². The van der Waals surface area contributed by atoms with Crippen molar-refractivity contribution in [3.8, 4) is 11.3 Å². The Balaban J connectivity index is 2.46. The fourth-order valence-corrected chi connectivity index (χ4v) is 1.46. The molecule has 0 aliphatic rings. The summed E-state index contributed by atoms with van der Waals surface area (Å²) in [4.78, 5) is 4.49. The first-order valence-electron chi connectivity index (χ1n) is 3.94. The van der Waals surface area contributed by atoms with E-state index in [4.69, 9.17) is 4.42 Å². The largest absolute Gasteiger partial charge is 0.431 e. The zero-order valence-electron chi connectivity index (χ0n) is 7.12. The molecule has 2 nitrogen and oxygen atoms in total. The standard InChI is InChI=1S/C10H8BrNO/c1-7-3-2-4-8(5-7)9-6-12-10(11)13-9/h2-6H,1H3. The van der Waals surface area contributed by atoms with Gasteiger partial charge in [0.05, 0.1) is 6.20 Å². The van der Waals surface area contributed by atoms with Gasteiger partial charge in [-0.3, -0.25) is 0 Å². The number of aromatic nitrogens is 1. The van der Waals surface area contributed by atoms with Crippen LogP contribution < -0.4 is 0 Å². The molecule has 0 saturated heterocycles. The molecule has 0 atom stereocenters. The van der Waals surface area contributed by atoms with Gasteiger partial charge in [-0.1, -0.05) is 23.8 Å². The molecular formula is C10H8BrNO. The van der Waals surface area contributed by atoms with Gasteiger partial charge in [0, 0.05) is 21.5 Å². The molecule has 0 radical (unpaired) electrons. The molecule has 0 aliphatic heterocycles. The van der Waals surface area contributed by atoms with Crippen LogP contribution in [0, 0.1) is 6.92 Å². The average molecular weight is 238 g/mol. The Morgan fingerprint density at radius 2 is 2.23 bits per heavy atom. The van der Waals surface area contributed by atoms with Crippen molar-refractivity contribution in [2.45, 2.75) is 6.92 Å². The van der Waals surface area contributed by atoms with Crippen molar-refractivity contribution in [1.29, 1.82) is 0 Å². The lowest BCUT2D eigenvalue weighted by Gasteiger charge is -1.96. The number of hydrogen-bond donors (Lipinski definition) is 0. The lowest BCUT2D eigenvalue weighted by molar-refractivity contribution is 0.542. The van der Waals surface area contributed by atoms with Crippen LogP contribution in [0.5, 0.6) is 0 Å². The number of hydrogen-bond acceptors (Lipinski definition) is 2. The lowest BCUT2D eigenvalue weighted by atomic mass is 10.1. The summed E-state index contributed by atoms with van der Waals surface area (Å²) in [6, 6.07) is 8.11. The molecule has 2 rings (SSSR count). The molecule has 66 valence electrons. The number of oxazole rings is 1. The highest BCUT2D eigenvalue weighted by molar-refractivity contribution is 9.10. The third kappa shape index (κ3) is 1.80. The predicted octanol–water partition coefficient (Wildman–Crippen LogP) is 3.41. The number of rotatable bonds is 1. The molecule has 0 bridgehead atoms. The molecule has 1 aromatic heterocycles. The minimum absolute atomic E-state index is 0.518. The molecule has 0 aliphatic carbocycles. The van der Waals surface area contributed by atoms with Gasteiger partial charge < -0.3 is 4.42 Å². The molecule has 0 saturated carbocycles. The maximum atomic E-state index is 5.33. The van der Waals surface area contributed by atoms with Crippen LogP contribution in [-0.2, 0) is 0 Å². The van der Waals surface area contributed by atoms with Gasteiger partial charge in [-0.05, 0) is 13.0 Å². The molecule has 1 heterocycles. The highest BCUT2D eigenvalue weighted by atomic mass is 79.9. The van der Waals surface area contributed by atoms with Crippen molar-refractivity contribution in [3.63, 3.8) is 0 Å². The van der Waals surface area contributed by atoms with Gasteiger partial charge in [0.2, 0.25) is 0 Å². The third-order valence-electron chi connectivity index (χ3n) is 1.78. The minimum atomic E-state index is 0.518. The normalized spacial score (nSPS) is 10.3. The van der Waals surface area contributed by atoms with Gasteiger partial charge in [-0.25, -0.2) is 4.98 Å². The van der Waals surface area contributed by atoms with E-state index in [1.54, 1.807) is 6.20 Å². The van der Waals surface area contributed by atoms with E-state index in [1.807, 2.05) is 12.1 Å². The molecule has 0 unspecified atom stereocenters. The van der Waals surface area contributed by atoms with Crippen LogP contribution in [0.25, 0.3) is 11.3 Å². The quantitative estimate of drug-likeness (QED) is 0.760. The molecule has 0 fully saturated rings. The van der Waals surface area contributed by atoms with Crippen LogP contribution in [0.1, 0.15) is 5.56 Å². The van der Waals surface area contributed by atoms with Crippen molar-refractivity contribution >= 4 is 15.9 Å². The van der Waals surface area contributed by atoms with Crippen LogP contribution in [-0.4, -0.2) is 4.98 Å². The number of nitrogens with zero attached hydrogens (tertiary/aromatic N) is 1. The van der Waals surface area contributed by atoms with E-state index in [-0.39, 0.29) is 0 Å².